The van der Waals surface area contributed by atoms with Crippen LogP contribution in [0.4, 0.5) is 36.4 Å². The van der Waals surface area contributed by atoms with E-state index in [1.54, 1.807) is 4.90 Å². The zero-order valence-corrected chi connectivity index (χ0v) is 20.1. The summed E-state index contributed by atoms with van der Waals surface area (Å²) in [4.78, 5) is 38.9. The van der Waals surface area contributed by atoms with Crippen molar-refractivity contribution in [1.82, 2.24) is 10.2 Å². The van der Waals surface area contributed by atoms with Gasteiger partial charge in [0.1, 0.15) is 11.4 Å². The summed E-state index contributed by atoms with van der Waals surface area (Å²) in [6, 6.07) is 5.73. The second-order valence-corrected chi connectivity index (χ2v) is 8.95. The maximum Gasteiger partial charge on any atom is 0.416 e. The van der Waals surface area contributed by atoms with Crippen molar-refractivity contribution in [3.05, 3.63) is 71.0 Å². The van der Waals surface area contributed by atoms with Gasteiger partial charge in [-0.3, -0.25) is 19.3 Å². The van der Waals surface area contributed by atoms with E-state index in [1.165, 1.54) is 18.2 Å². The van der Waals surface area contributed by atoms with E-state index in [9.17, 15) is 45.1 Å². The number of carbonyl (C=O) groups excluding carboxylic acids is 3. The molecule has 0 bridgehead atoms. The molecule has 1 aliphatic heterocycles. The van der Waals surface area contributed by atoms with Crippen molar-refractivity contribution in [2.24, 2.45) is 5.73 Å². The first-order chi connectivity index (χ1) is 18.1. The van der Waals surface area contributed by atoms with Crippen LogP contribution < -0.4 is 16.4 Å². The minimum Gasteiger partial charge on any atom is -0.369 e. The van der Waals surface area contributed by atoms with Gasteiger partial charge in [0.15, 0.2) is 0 Å². The van der Waals surface area contributed by atoms with Gasteiger partial charge in [-0.1, -0.05) is 12.1 Å². The van der Waals surface area contributed by atoms with Crippen LogP contribution in [-0.4, -0.2) is 47.8 Å². The van der Waals surface area contributed by atoms with Crippen LogP contribution in [0.1, 0.15) is 29.5 Å². The van der Waals surface area contributed by atoms with Gasteiger partial charge < -0.3 is 16.4 Å². The van der Waals surface area contributed by atoms with Gasteiger partial charge in [-0.25, -0.2) is 4.39 Å². The molecule has 1 saturated heterocycles. The Labute approximate surface area is 217 Å². The summed E-state index contributed by atoms with van der Waals surface area (Å²) < 4.78 is 92.7. The van der Waals surface area contributed by atoms with Gasteiger partial charge in [0, 0.05) is 24.9 Å². The van der Waals surface area contributed by atoms with Crippen LogP contribution >= 0.6 is 0 Å². The number of primary amides is 1. The number of anilines is 1. The van der Waals surface area contributed by atoms with E-state index in [1.807, 2.05) is 0 Å². The average Bonchev–Trinajstić information content (AvgIpc) is 2.83. The first-order valence-corrected chi connectivity index (χ1v) is 11.4. The smallest absolute Gasteiger partial charge is 0.369 e. The van der Waals surface area contributed by atoms with Crippen molar-refractivity contribution in [2.75, 3.05) is 25.0 Å². The Morgan fingerprint density at radius 1 is 0.923 bits per heavy atom. The summed E-state index contributed by atoms with van der Waals surface area (Å²) >= 11 is 0. The van der Waals surface area contributed by atoms with Crippen LogP contribution in [0.3, 0.4) is 0 Å². The highest BCUT2D eigenvalue weighted by atomic mass is 19.4. The highest BCUT2D eigenvalue weighted by molar-refractivity contribution is 6.03. The van der Waals surface area contributed by atoms with Crippen molar-refractivity contribution in [3.63, 3.8) is 0 Å². The maximum atomic E-state index is 13.3. The van der Waals surface area contributed by atoms with E-state index < -0.39 is 58.2 Å². The average molecular weight is 560 g/mol. The van der Waals surface area contributed by atoms with Crippen molar-refractivity contribution >= 4 is 29.5 Å². The lowest BCUT2D eigenvalue weighted by atomic mass is 9.86. The molecule has 0 aliphatic carbocycles. The lowest BCUT2D eigenvalue weighted by molar-refractivity contribution is -0.143. The second kappa shape index (κ2) is 11.4. The van der Waals surface area contributed by atoms with Crippen molar-refractivity contribution in [1.29, 1.82) is 0 Å². The third kappa shape index (κ3) is 8.02. The van der Waals surface area contributed by atoms with Crippen LogP contribution in [0, 0.1) is 5.82 Å². The topological polar surface area (TPSA) is 105 Å². The van der Waals surface area contributed by atoms with Gasteiger partial charge in [-0.15, -0.1) is 0 Å². The van der Waals surface area contributed by atoms with Gasteiger partial charge in [0.2, 0.25) is 17.7 Å². The van der Waals surface area contributed by atoms with Crippen LogP contribution in [0.2, 0.25) is 0 Å². The number of hydrogen-bond acceptors (Lipinski definition) is 4. The molecule has 14 heteroatoms. The molecule has 4 N–H and O–H groups in total. The number of halogens is 7. The lowest BCUT2D eigenvalue weighted by Crippen LogP contribution is -2.62. The number of rotatable bonds is 7. The molecular formula is C25H23F7N4O3. The fourth-order valence-corrected chi connectivity index (χ4v) is 4.02. The minimum absolute atomic E-state index is 0.0642. The molecule has 2 aromatic carbocycles. The summed E-state index contributed by atoms with van der Waals surface area (Å²) in [5, 5.41) is 4.59. The molecule has 1 aliphatic rings. The molecular weight excluding hydrogens is 537 g/mol. The van der Waals surface area contributed by atoms with E-state index >= 15 is 0 Å². The first kappa shape index (κ1) is 29.6. The predicted octanol–water partition coefficient (Wildman–Crippen LogP) is 3.95. The number of carbonyl (C=O) groups is 3. The number of hydrogen-bond donors (Lipinski definition) is 3. The Hall–Kier alpha value is -3.94. The number of benzene rings is 2. The van der Waals surface area contributed by atoms with Crippen LogP contribution in [0.5, 0.6) is 0 Å². The second-order valence-electron chi connectivity index (χ2n) is 8.95. The number of nitrogens with two attached hydrogens (primary N) is 1. The molecule has 0 unspecified atom stereocenters. The molecule has 3 rings (SSSR count). The van der Waals surface area contributed by atoms with Gasteiger partial charge in [-0.2, -0.15) is 26.3 Å². The fourth-order valence-electron chi connectivity index (χ4n) is 4.02. The third-order valence-electron chi connectivity index (χ3n) is 6.03. The monoisotopic (exact) mass is 560 g/mol. The Morgan fingerprint density at radius 3 is 1.95 bits per heavy atom. The molecule has 0 radical (unpaired) electrons. The number of nitrogens with one attached hydrogen (secondary N) is 2. The van der Waals surface area contributed by atoms with E-state index in [2.05, 4.69) is 10.6 Å². The van der Waals surface area contributed by atoms with Crippen LogP contribution in [-0.2, 0) is 26.7 Å². The molecule has 7 nitrogen and oxygen atoms in total. The maximum absolute atomic E-state index is 13.3. The number of amides is 3. The van der Waals surface area contributed by atoms with Crippen LogP contribution in [0.25, 0.3) is 6.08 Å². The summed E-state index contributed by atoms with van der Waals surface area (Å²) in [6.07, 6.45) is -8.15. The third-order valence-corrected chi connectivity index (χ3v) is 6.03. The fraction of sp³-hybridized carbons (Fsp3) is 0.320. The number of alkyl halides is 6. The summed E-state index contributed by atoms with van der Waals surface area (Å²) in [5.74, 6) is -2.99. The molecule has 0 aromatic heterocycles. The highest BCUT2D eigenvalue weighted by Crippen LogP contribution is 2.38. The van der Waals surface area contributed by atoms with Gasteiger partial charge >= 0.3 is 12.4 Å². The Bertz CT molecular complexity index is 1220. The number of likely N-dealkylation sites (tertiary alicyclic amines) is 1. The SMILES string of the molecule is NC(=O)CN1CCC(NC(=O)C=Cc2ccc(F)cc2)(C(=O)Nc2cc(C(F)(F)F)cc(C(F)(F)F)c2)CC1. The molecule has 0 atom stereocenters. The quantitative estimate of drug-likeness (QED) is 0.353. The predicted molar refractivity (Wildman–Crippen MR) is 126 cm³/mol. The zero-order valence-electron chi connectivity index (χ0n) is 20.1. The molecule has 2 aromatic rings. The van der Waals surface area contributed by atoms with Gasteiger partial charge in [0.25, 0.3) is 0 Å². The van der Waals surface area contributed by atoms with Gasteiger partial charge in [-0.05, 0) is 54.8 Å². The van der Waals surface area contributed by atoms with E-state index in [4.69, 9.17) is 5.73 Å². The van der Waals surface area contributed by atoms with Crippen molar-refractivity contribution in [2.45, 2.75) is 30.7 Å². The summed E-state index contributed by atoms with van der Waals surface area (Å²) in [6.45, 7) is -0.0257. The molecule has 39 heavy (non-hydrogen) atoms. The molecule has 210 valence electrons. The van der Waals surface area contributed by atoms with Crippen molar-refractivity contribution in [3.8, 4) is 0 Å². The van der Waals surface area contributed by atoms with Crippen molar-refractivity contribution < 1.29 is 45.1 Å². The number of piperidine rings is 1. The molecule has 1 fully saturated rings. The summed E-state index contributed by atoms with van der Waals surface area (Å²) in [5.41, 5.74) is -0.114. The molecule has 1 heterocycles. The lowest BCUT2D eigenvalue weighted by Gasteiger charge is -2.40. The highest BCUT2D eigenvalue weighted by Gasteiger charge is 2.43. The largest absolute Gasteiger partial charge is 0.416 e. The molecule has 0 spiro atoms. The molecule has 3 amide bonds. The Morgan fingerprint density at radius 2 is 1.46 bits per heavy atom. The Balaban J connectivity index is 1.89. The van der Waals surface area contributed by atoms with Gasteiger partial charge in [0.05, 0.1) is 17.7 Å². The Kier molecular flexibility index (Phi) is 8.68. The number of nitrogens with zero attached hydrogens (tertiary/aromatic N) is 1. The zero-order chi connectivity index (χ0) is 29.0. The molecule has 0 saturated carbocycles. The van der Waals surface area contributed by atoms with E-state index in [0.717, 1.165) is 18.2 Å². The minimum atomic E-state index is -5.13. The first-order valence-electron chi connectivity index (χ1n) is 11.4. The van der Waals surface area contributed by atoms with E-state index in [-0.39, 0.29) is 38.5 Å². The summed E-state index contributed by atoms with van der Waals surface area (Å²) in [7, 11) is 0. The normalized spacial score (nSPS) is 16.2. The van der Waals surface area contributed by atoms with Crippen LogP contribution in [0.15, 0.2) is 48.5 Å². The van der Waals surface area contributed by atoms with E-state index in [0.29, 0.717) is 17.7 Å². The standard InChI is InChI=1S/C25H23F7N4O3/c26-18-4-1-15(2-5-18)3-6-21(38)35-23(7-9-36(10-8-23)14-20(33)37)22(39)34-19-12-16(24(27,28)29)11-17(13-19)25(30,31)32/h1-6,11-13H,7-10,14H2,(H2,33,37)(H,34,39)(H,35,38).